The van der Waals surface area contributed by atoms with Crippen molar-refractivity contribution in [1.29, 1.82) is 0 Å². The van der Waals surface area contributed by atoms with Crippen molar-refractivity contribution in [1.82, 2.24) is 0 Å². The monoisotopic (exact) mass is 154 g/mol. The molecule has 1 aromatic carbocycles. The van der Waals surface area contributed by atoms with Gasteiger partial charge in [-0.1, -0.05) is 0 Å². The first-order valence-electron chi connectivity index (χ1n) is 3.12. The quantitative estimate of drug-likeness (QED) is 0.419. The van der Waals surface area contributed by atoms with Gasteiger partial charge in [0.15, 0.2) is 6.79 Å². The van der Waals surface area contributed by atoms with Gasteiger partial charge in [-0.05, 0) is 12.1 Å². The summed E-state index contributed by atoms with van der Waals surface area (Å²) in [6, 6.07) is 4.85. The van der Waals surface area contributed by atoms with Gasteiger partial charge in [0, 0.05) is 11.8 Å². The topological polar surface area (TPSA) is 81.5 Å². The number of hydrogen-bond donors (Lipinski definition) is 3. The Labute approximate surface area is 64.4 Å². The zero-order valence-corrected chi connectivity index (χ0v) is 5.95. The Morgan fingerprint density at radius 2 is 2.09 bits per heavy atom. The third kappa shape index (κ3) is 1.75. The van der Waals surface area contributed by atoms with Crippen LogP contribution < -0.4 is 16.2 Å². The first kappa shape index (κ1) is 7.68. The van der Waals surface area contributed by atoms with Gasteiger partial charge >= 0.3 is 0 Å². The highest BCUT2D eigenvalue weighted by atomic mass is 16.6. The molecule has 60 valence electrons. The number of ether oxygens (including phenoxy) is 1. The zero-order valence-electron chi connectivity index (χ0n) is 5.95. The van der Waals surface area contributed by atoms with Gasteiger partial charge in [-0.25, -0.2) is 0 Å². The molecule has 1 rings (SSSR count). The van der Waals surface area contributed by atoms with Crippen molar-refractivity contribution in [2.24, 2.45) is 0 Å². The molecule has 0 aliphatic carbocycles. The largest absolute Gasteiger partial charge is 0.466 e. The van der Waals surface area contributed by atoms with E-state index in [1.165, 1.54) is 0 Å². The molecule has 0 bridgehead atoms. The summed E-state index contributed by atoms with van der Waals surface area (Å²) in [6.45, 7) is -0.395. The lowest BCUT2D eigenvalue weighted by atomic mass is 10.3. The van der Waals surface area contributed by atoms with Crippen LogP contribution in [0.2, 0.25) is 0 Å². The van der Waals surface area contributed by atoms with Crippen molar-refractivity contribution in [2.45, 2.75) is 0 Å². The Hall–Kier alpha value is -1.42. The third-order valence-electron chi connectivity index (χ3n) is 1.26. The van der Waals surface area contributed by atoms with E-state index in [0.29, 0.717) is 17.1 Å². The molecule has 4 heteroatoms. The number of aliphatic hydroxyl groups excluding tert-OH is 1. The van der Waals surface area contributed by atoms with Gasteiger partial charge in [0.2, 0.25) is 0 Å². The minimum Gasteiger partial charge on any atom is -0.466 e. The van der Waals surface area contributed by atoms with Crippen molar-refractivity contribution >= 4 is 11.4 Å². The SMILES string of the molecule is Nc1ccc(N)c(OCO)c1. The highest BCUT2D eigenvalue weighted by molar-refractivity contribution is 5.59. The Kier molecular flexibility index (Phi) is 2.18. The lowest BCUT2D eigenvalue weighted by Gasteiger charge is -2.05. The predicted octanol–water partition coefficient (Wildman–Crippen LogP) is 0.180. The molecule has 0 unspecified atom stereocenters. The maximum atomic E-state index is 8.42. The summed E-state index contributed by atoms with van der Waals surface area (Å²) < 4.78 is 4.77. The van der Waals surface area contributed by atoms with E-state index in [-0.39, 0.29) is 0 Å². The lowest BCUT2D eigenvalue weighted by molar-refractivity contribution is 0.0993. The van der Waals surface area contributed by atoms with Crippen LogP contribution in [0.25, 0.3) is 0 Å². The number of hydrogen-bond acceptors (Lipinski definition) is 4. The first-order valence-corrected chi connectivity index (χ1v) is 3.12. The van der Waals surface area contributed by atoms with Crippen LogP contribution in [0.3, 0.4) is 0 Å². The summed E-state index contributed by atoms with van der Waals surface area (Å²) in [7, 11) is 0. The molecule has 11 heavy (non-hydrogen) atoms. The minimum absolute atomic E-state index is 0.395. The summed E-state index contributed by atoms with van der Waals surface area (Å²) in [5, 5.41) is 8.42. The van der Waals surface area contributed by atoms with Crippen molar-refractivity contribution in [3.8, 4) is 5.75 Å². The van der Waals surface area contributed by atoms with Crippen LogP contribution in [-0.2, 0) is 0 Å². The lowest BCUT2D eigenvalue weighted by Crippen LogP contribution is -1.99. The molecule has 0 saturated heterocycles. The molecular formula is C7H10N2O2. The van der Waals surface area contributed by atoms with Crippen molar-refractivity contribution in [2.75, 3.05) is 18.3 Å². The van der Waals surface area contributed by atoms with Gasteiger partial charge in [-0.2, -0.15) is 0 Å². The Morgan fingerprint density at radius 1 is 1.36 bits per heavy atom. The Balaban J connectivity index is 2.93. The standard InChI is InChI=1S/C7H10N2O2/c8-5-1-2-6(9)7(3-5)11-4-10/h1-3,10H,4,8-9H2. The highest BCUT2D eigenvalue weighted by Gasteiger charge is 1.98. The maximum Gasteiger partial charge on any atom is 0.186 e. The molecule has 0 aliphatic heterocycles. The van der Waals surface area contributed by atoms with Gasteiger partial charge in [0.05, 0.1) is 5.69 Å². The molecule has 0 amide bonds. The molecule has 0 saturated carbocycles. The fraction of sp³-hybridized carbons (Fsp3) is 0.143. The molecule has 1 aromatic rings. The number of nitrogen functional groups attached to an aromatic ring is 2. The molecule has 0 spiro atoms. The second-order valence-electron chi connectivity index (χ2n) is 2.07. The van der Waals surface area contributed by atoms with Crippen molar-refractivity contribution < 1.29 is 9.84 Å². The first-order chi connectivity index (χ1) is 5.24. The summed E-state index contributed by atoms with van der Waals surface area (Å²) in [6.07, 6.45) is 0. The van der Waals surface area contributed by atoms with Gasteiger partial charge in [-0.3, -0.25) is 0 Å². The number of anilines is 2. The van der Waals surface area contributed by atoms with E-state index in [0.717, 1.165) is 0 Å². The van der Waals surface area contributed by atoms with Gasteiger partial charge in [-0.15, -0.1) is 0 Å². The van der Waals surface area contributed by atoms with Crippen LogP contribution in [0.1, 0.15) is 0 Å². The average Bonchev–Trinajstić information content (AvgIpc) is 1.98. The van der Waals surface area contributed by atoms with Crippen molar-refractivity contribution in [3.63, 3.8) is 0 Å². The van der Waals surface area contributed by atoms with Crippen molar-refractivity contribution in [3.05, 3.63) is 18.2 Å². The molecular weight excluding hydrogens is 144 g/mol. The van der Waals surface area contributed by atoms with E-state index in [1.807, 2.05) is 0 Å². The van der Waals surface area contributed by atoms with Crippen LogP contribution in [0.4, 0.5) is 11.4 Å². The fourth-order valence-corrected chi connectivity index (χ4v) is 0.746. The van der Waals surface area contributed by atoms with Gasteiger partial charge in [0.1, 0.15) is 5.75 Å². The maximum absolute atomic E-state index is 8.42. The number of aliphatic hydroxyl groups is 1. The third-order valence-corrected chi connectivity index (χ3v) is 1.26. The van der Waals surface area contributed by atoms with E-state index in [4.69, 9.17) is 21.3 Å². The Bertz CT molecular complexity index is 250. The van der Waals surface area contributed by atoms with E-state index < -0.39 is 6.79 Å². The van der Waals surface area contributed by atoms with Gasteiger partial charge < -0.3 is 21.3 Å². The van der Waals surface area contributed by atoms with Gasteiger partial charge in [0.25, 0.3) is 0 Å². The van der Waals surface area contributed by atoms with Crippen LogP contribution in [0.15, 0.2) is 18.2 Å². The minimum atomic E-state index is -0.395. The molecule has 0 fully saturated rings. The second-order valence-corrected chi connectivity index (χ2v) is 2.07. The average molecular weight is 154 g/mol. The molecule has 0 radical (unpaired) electrons. The van der Waals surface area contributed by atoms with Crippen LogP contribution in [0.5, 0.6) is 5.75 Å². The molecule has 0 aliphatic rings. The van der Waals surface area contributed by atoms with Crippen LogP contribution in [-0.4, -0.2) is 11.9 Å². The molecule has 0 heterocycles. The smallest absolute Gasteiger partial charge is 0.186 e. The Morgan fingerprint density at radius 3 is 2.73 bits per heavy atom. The molecule has 0 atom stereocenters. The summed E-state index contributed by atoms with van der Waals surface area (Å²) in [5.74, 6) is 0.410. The fourth-order valence-electron chi connectivity index (χ4n) is 0.746. The number of nitrogens with two attached hydrogens (primary N) is 2. The van der Waals surface area contributed by atoms with Crippen LogP contribution >= 0.6 is 0 Å². The molecule has 0 aromatic heterocycles. The summed E-state index contributed by atoms with van der Waals surface area (Å²) in [4.78, 5) is 0. The normalized spacial score (nSPS) is 9.55. The zero-order chi connectivity index (χ0) is 8.27. The summed E-state index contributed by atoms with van der Waals surface area (Å²) in [5.41, 5.74) is 11.9. The number of rotatable bonds is 2. The molecule has 4 nitrogen and oxygen atoms in total. The number of benzene rings is 1. The van der Waals surface area contributed by atoms with E-state index in [2.05, 4.69) is 0 Å². The predicted molar refractivity (Wildman–Crippen MR) is 43.0 cm³/mol. The highest BCUT2D eigenvalue weighted by Crippen LogP contribution is 2.23. The van der Waals surface area contributed by atoms with E-state index in [1.54, 1.807) is 18.2 Å². The molecule has 5 N–H and O–H groups in total. The van der Waals surface area contributed by atoms with E-state index >= 15 is 0 Å². The summed E-state index contributed by atoms with van der Waals surface area (Å²) >= 11 is 0. The van der Waals surface area contributed by atoms with E-state index in [9.17, 15) is 0 Å². The van der Waals surface area contributed by atoms with Crippen LogP contribution in [0, 0.1) is 0 Å². The second kappa shape index (κ2) is 3.12.